The molecule has 3 heterocycles. The molecule has 3 aromatic rings. The maximum absolute atomic E-state index is 12.5. The van der Waals surface area contributed by atoms with Crippen molar-refractivity contribution in [3.05, 3.63) is 71.7 Å². The topological polar surface area (TPSA) is 66.7 Å². The van der Waals surface area contributed by atoms with Crippen molar-refractivity contribution < 1.29 is 9.59 Å². The SMILES string of the molecule is Cc1ccn2cc(C(=O)NC3CC(=O)N(Cc4ccccc4)C3)nc2c1. The van der Waals surface area contributed by atoms with Gasteiger partial charge in [-0.2, -0.15) is 0 Å². The van der Waals surface area contributed by atoms with Gasteiger partial charge >= 0.3 is 0 Å². The summed E-state index contributed by atoms with van der Waals surface area (Å²) in [5, 5.41) is 2.94. The summed E-state index contributed by atoms with van der Waals surface area (Å²) >= 11 is 0. The summed E-state index contributed by atoms with van der Waals surface area (Å²) in [4.78, 5) is 30.9. The lowest BCUT2D eigenvalue weighted by Gasteiger charge is -2.17. The summed E-state index contributed by atoms with van der Waals surface area (Å²) in [7, 11) is 0. The summed E-state index contributed by atoms with van der Waals surface area (Å²) in [5.74, 6) is -0.185. The number of nitrogens with one attached hydrogen (secondary N) is 1. The third kappa shape index (κ3) is 3.31. The van der Waals surface area contributed by atoms with Crippen molar-refractivity contribution in [2.45, 2.75) is 25.9 Å². The lowest BCUT2D eigenvalue weighted by molar-refractivity contribution is -0.128. The van der Waals surface area contributed by atoms with Gasteiger partial charge in [-0.25, -0.2) is 4.98 Å². The van der Waals surface area contributed by atoms with Gasteiger partial charge in [0.2, 0.25) is 5.91 Å². The molecule has 0 aliphatic carbocycles. The zero-order chi connectivity index (χ0) is 18.1. The van der Waals surface area contributed by atoms with Gasteiger partial charge in [0.1, 0.15) is 11.3 Å². The second-order valence-electron chi connectivity index (χ2n) is 6.73. The lowest BCUT2D eigenvalue weighted by atomic mass is 10.2. The van der Waals surface area contributed by atoms with Crippen LogP contribution < -0.4 is 5.32 Å². The second-order valence-corrected chi connectivity index (χ2v) is 6.73. The number of rotatable bonds is 4. The van der Waals surface area contributed by atoms with Gasteiger partial charge in [0.15, 0.2) is 0 Å². The van der Waals surface area contributed by atoms with Crippen molar-refractivity contribution in [2.24, 2.45) is 0 Å². The molecule has 1 aliphatic rings. The zero-order valence-electron chi connectivity index (χ0n) is 14.6. The highest BCUT2D eigenvalue weighted by Gasteiger charge is 2.31. The van der Waals surface area contributed by atoms with Crippen LogP contribution in [0.5, 0.6) is 0 Å². The maximum atomic E-state index is 12.5. The van der Waals surface area contributed by atoms with Crippen molar-refractivity contribution in [1.29, 1.82) is 0 Å². The number of fused-ring (bicyclic) bond motifs is 1. The van der Waals surface area contributed by atoms with Crippen LogP contribution >= 0.6 is 0 Å². The van der Waals surface area contributed by atoms with E-state index in [1.165, 1.54) is 0 Å². The lowest BCUT2D eigenvalue weighted by Crippen LogP contribution is -2.37. The zero-order valence-corrected chi connectivity index (χ0v) is 14.6. The molecule has 1 fully saturated rings. The monoisotopic (exact) mass is 348 g/mol. The molecule has 1 saturated heterocycles. The Balaban J connectivity index is 1.42. The van der Waals surface area contributed by atoms with Gasteiger partial charge in [0, 0.05) is 31.9 Å². The number of hydrogen-bond acceptors (Lipinski definition) is 3. The quantitative estimate of drug-likeness (QED) is 0.786. The van der Waals surface area contributed by atoms with Crippen molar-refractivity contribution in [3.63, 3.8) is 0 Å². The second kappa shape index (κ2) is 6.63. The molecule has 1 N–H and O–H groups in total. The molecule has 1 unspecified atom stereocenters. The number of carbonyl (C=O) groups is 2. The average Bonchev–Trinajstić information content (AvgIpc) is 3.19. The normalized spacial score (nSPS) is 17.0. The van der Waals surface area contributed by atoms with E-state index in [1.54, 1.807) is 11.1 Å². The third-order valence-corrected chi connectivity index (χ3v) is 4.61. The Bertz CT molecular complexity index is 964. The number of aromatic nitrogens is 2. The Kier molecular flexibility index (Phi) is 4.16. The average molecular weight is 348 g/mol. The smallest absolute Gasteiger partial charge is 0.271 e. The minimum absolute atomic E-state index is 0.0600. The van der Waals surface area contributed by atoms with E-state index in [-0.39, 0.29) is 17.9 Å². The van der Waals surface area contributed by atoms with E-state index in [0.29, 0.717) is 25.2 Å². The summed E-state index contributed by atoms with van der Waals surface area (Å²) < 4.78 is 1.82. The fourth-order valence-corrected chi connectivity index (χ4v) is 3.28. The van der Waals surface area contributed by atoms with Gasteiger partial charge in [-0.1, -0.05) is 30.3 Å². The molecule has 4 rings (SSSR count). The molecule has 1 aromatic carbocycles. The number of carbonyl (C=O) groups excluding carboxylic acids is 2. The van der Waals surface area contributed by atoms with Gasteiger partial charge in [-0.3, -0.25) is 9.59 Å². The molecular formula is C20H20N4O2. The van der Waals surface area contributed by atoms with Crippen LogP contribution in [0.3, 0.4) is 0 Å². The largest absolute Gasteiger partial charge is 0.346 e. The summed E-state index contributed by atoms with van der Waals surface area (Å²) in [6, 6.07) is 13.6. The first-order valence-electron chi connectivity index (χ1n) is 8.66. The van der Waals surface area contributed by atoms with Crippen LogP contribution in [0.25, 0.3) is 5.65 Å². The van der Waals surface area contributed by atoms with E-state index in [4.69, 9.17) is 0 Å². The van der Waals surface area contributed by atoms with Crippen molar-refractivity contribution in [3.8, 4) is 0 Å². The molecule has 1 atom stereocenters. The summed E-state index contributed by atoms with van der Waals surface area (Å²) in [6.07, 6.45) is 3.92. The van der Waals surface area contributed by atoms with Crippen LogP contribution in [-0.2, 0) is 11.3 Å². The van der Waals surface area contributed by atoms with Crippen molar-refractivity contribution >= 4 is 17.5 Å². The molecule has 0 bridgehead atoms. The minimum Gasteiger partial charge on any atom is -0.346 e. The van der Waals surface area contributed by atoms with Crippen LogP contribution in [0.1, 0.15) is 28.0 Å². The van der Waals surface area contributed by atoms with E-state index in [0.717, 1.165) is 16.8 Å². The number of benzene rings is 1. The van der Waals surface area contributed by atoms with E-state index in [2.05, 4.69) is 10.3 Å². The summed E-state index contributed by atoms with van der Waals surface area (Å²) in [6.45, 7) is 3.07. The number of aryl methyl sites for hydroxylation is 1. The van der Waals surface area contributed by atoms with Crippen LogP contribution in [0.2, 0.25) is 0 Å². The molecule has 6 nitrogen and oxygen atoms in total. The Morgan fingerprint density at radius 1 is 1.27 bits per heavy atom. The number of imidazole rings is 1. The fourth-order valence-electron chi connectivity index (χ4n) is 3.28. The van der Waals surface area contributed by atoms with Gasteiger partial charge in [-0.15, -0.1) is 0 Å². The Labute approximate surface area is 151 Å². The Hall–Kier alpha value is -3.15. The maximum Gasteiger partial charge on any atom is 0.271 e. The molecule has 132 valence electrons. The van der Waals surface area contributed by atoms with E-state index < -0.39 is 0 Å². The molecule has 0 saturated carbocycles. The highest BCUT2D eigenvalue weighted by atomic mass is 16.2. The minimum atomic E-state index is -0.245. The van der Waals surface area contributed by atoms with Crippen LogP contribution in [-0.4, -0.2) is 38.7 Å². The first-order valence-corrected chi connectivity index (χ1v) is 8.66. The van der Waals surface area contributed by atoms with Gasteiger partial charge in [-0.05, 0) is 30.2 Å². The van der Waals surface area contributed by atoms with Crippen LogP contribution in [0.15, 0.2) is 54.9 Å². The number of hydrogen-bond donors (Lipinski definition) is 1. The van der Waals surface area contributed by atoms with E-state index in [1.807, 2.05) is 60.0 Å². The molecule has 2 aromatic heterocycles. The Morgan fingerprint density at radius 3 is 2.88 bits per heavy atom. The van der Waals surface area contributed by atoms with Gasteiger partial charge < -0.3 is 14.6 Å². The third-order valence-electron chi connectivity index (χ3n) is 4.61. The number of nitrogens with zero attached hydrogens (tertiary/aromatic N) is 3. The predicted octanol–water partition coefficient (Wildman–Crippen LogP) is 2.17. The molecule has 2 amide bonds. The van der Waals surface area contributed by atoms with Crippen molar-refractivity contribution in [1.82, 2.24) is 19.6 Å². The standard InChI is InChI=1S/C20H20N4O2/c1-14-7-8-23-13-17(22-18(23)9-14)20(26)21-16-10-19(25)24(12-16)11-15-5-3-2-4-6-15/h2-9,13,16H,10-12H2,1H3,(H,21,26). The molecule has 0 radical (unpaired) electrons. The first kappa shape index (κ1) is 16.3. The number of pyridine rings is 1. The molecule has 26 heavy (non-hydrogen) atoms. The fraction of sp³-hybridized carbons (Fsp3) is 0.250. The van der Waals surface area contributed by atoms with Gasteiger partial charge in [0.05, 0.1) is 6.04 Å². The molecular weight excluding hydrogens is 328 g/mol. The van der Waals surface area contributed by atoms with E-state index >= 15 is 0 Å². The Morgan fingerprint density at radius 2 is 2.08 bits per heavy atom. The molecule has 0 spiro atoms. The number of likely N-dealkylation sites (tertiary alicyclic amines) is 1. The number of amides is 2. The van der Waals surface area contributed by atoms with Gasteiger partial charge in [0.25, 0.3) is 5.91 Å². The molecule has 1 aliphatic heterocycles. The predicted molar refractivity (Wildman–Crippen MR) is 97.7 cm³/mol. The first-order chi connectivity index (χ1) is 12.6. The summed E-state index contributed by atoms with van der Waals surface area (Å²) in [5.41, 5.74) is 3.28. The highest BCUT2D eigenvalue weighted by Crippen LogP contribution is 2.16. The van der Waals surface area contributed by atoms with E-state index in [9.17, 15) is 9.59 Å². The van der Waals surface area contributed by atoms with Crippen LogP contribution in [0, 0.1) is 6.92 Å². The van der Waals surface area contributed by atoms with Crippen molar-refractivity contribution in [2.75, 3.05) is 6.54 Å². The molecule has 6 heteroatoms. The highest BCUT2D eigenvalue weighted by molar-refractivity contribution is 5.93. The van der Waals surface area contributed by atoms with Crippen LogP contribution in [0.4, 0.5) is 0 Å².